The summed E-state index contributed by atoms with van der Waals surface area (Å²) in [6.45, 7) is 0. The van der Waals surface area contributed by atoms with E-state index in [1.54, 1.807) is 0 Å². The largest absolute Gasteiger partial charge is 5.00 e. The monoisotopic (exact) mass is 1720 g/mol. The molecule has 0 fully saturated rings. The summed E-state index contributed by atoms with van der Waals surface area (Å²) in [7, 11) is 0. The van der Waals surface area contributed by atoms with E-state index in [-0.39, 0.29) is 60.7 Å². The third-order valence-electron chi connectivity index (χ3n) is 0. The second kappa shape index (κ2) is 304. The molecule has 0 radical (unpaired) electrons. The molecule has 0 aromatic rings. The quantitative estimate of drug-likeness (QED) is 0.203. The fourth-order valence-electron chi connectivity index (χ4n) is 0. The van der Waals surface area contributed by atoms with Crippen molar-refractivity contribution in [2.45, 2.75) is 0 Å². The minimum Gasteiger partial charge on any atom is 4.00 e. The van der Waals surface area contributed by atoms with Crippen LogP contribution in [0.1, 0.15) is 0 Å². The maximum Gasteiger partial charge on any atom is 5.00 e. The first-order valence-electron chi connectivity index (χ1n) is 6.13. The Morgan fingerprint density at radius 2 is 0.214 bits per heavy atom. The van der Waals surface area contributed by atoms with Crippen LogP contribution in [0.2, 0.25) is 0 Å². The normalized spacial score (nSPS) is 3.71. The maximum absolute atomic E-state index is 8.53. The van der Waals surface area contributed by atoms with Gasteiger partial charge < -0.3 is 0 Å². The van der Waals surface area contributed by atoms with Crippen LogP contribution in [0.3, 0.4) is 0 Å². The predicted molar refractivity (Wildman–Crippen MR) is 102 cm³/mol. The van der Waals surface area contributed by atoms with Gasteiger partial charge in [0.05, 0.1) is 0 Å². The Hall–Kier alpha value is 3.82. The fraction of sp³-hybridized carbons (Fsp3) is 0. The van der Waals surface area contributed by atoms with Gasteiger partial charge in [-0.1, -0.05) is 0 Å². The molecule has 26 nitrogen and oxygen atoms in total. The summed E-state index contributed by atoms with van der Waals surface area (Å²) in [6.07, 6.45) is 0. The number of hydrogen-bond acceptors (Lipinski definition) is 26. The molecule has 0 amide bonds. The summed E-state index contributed by atoms with van der Waals surface area (Å²) in [6, 6.07) is 0. The van der Waals surface area contributed by atoms with Crippen molar-refractivity contribution in [1.82, 2.24) is 0 Å². The molecule has 0 rings (SSSR count). The molecule has 0 unspecified atom stereocenters. The molecule has 0 aliphatic heterocycles. The maximum atomic E-state index is 8.53. The summed E-state index contributed by atoms with van der Waals surface area (Å²) in [5.41, 5.74) is 0. The van der Waals surface area contributed by atoms with Crippen LogP contribution in [0.5, 0.6) is 0 Å². The first-order chi connectivity index (χ1) is 18.4. The van der Waals surface area contributed by atoms with Crippen LogP contribution in [0.4, 0.5) is 0 Å². The topological polar surface area (TPSA) is 522 Å². The minimum atomic E-state index is -2.19. The summed E-state index contributed by atoms with van der Waals surface area (Å²) in [5.74, 6) is 0. The van der Waals surface area contributed by atoms with E-state index < -0.39 is 204 Å². The van der Waals surface area contributed by atoms with Crippen molar-refractivity contribution in [3.8, 4) is 0 Å². The molecule has 0 aliphatic carbocycles. The van der Waals surface area contributed by atoms with E-state index in [0.717, 1.165) is 0 Å². The Morgan fingerprint density at radius 1 is 0.214 bits per heavy atom. The standard InChI is InChI=1S/13GeHO2.Mo.V.W/c13*2-1-3;;;/h13*1H;;;/q13*-1;+4;+5;+4. The summed E-state index contributed by atoms with van der Waals surface area (Å²) >= 11 is -28.4. The molecule has 0 aromatic heterocycles. The molecule has 0 N–H and O–H groups in total. The first kappa shape index (κ1) is 104. The van der Waals surface area contributed by atoms with Gasteiger partial charge in [0.2, 0.25) is 0 Å². The van der Waals surface area contributed by atoms with Crippen LogP contribution < -0.4 is 53.7 Å². The van der Waals surface area contributed by atoms with Crippen molar-refractivity contribution in [1.29, 1.82) is 0 Å². The van der Waals surface area contributed by atoms with Gasteiger partial charge in [-0.25, -0.2) is 0 Å². The molecule has 238 valence electrons. The van der Waals surface area contributed by atoms with Crippen molar-refractivity contribution in [3.63, 3.8) is 0 Å². The van der Waals surface area contributed by atoms with Crippen LogP contribution in [0, 0.1) is 0 Å². The number of rotatable bonds is 0. The van der Waals surface area contributed by atoms with Gasteiger partial charge in [-0.3, -0.25) is 0 Å². The van der Waals surface area contributed by atoms with E-state index in [0.29, 0.717) is 0 Å². The van der Waals surface area contributed by atoms with Crippen molar-refractivity contribution in [3.05, 3.63) is 0 Å². The van der Waals surface area contributed by atoms with Crippen molar-refractivity contribution >= 4 is 204 Å². The van der Waals surface area contributed by atoms with Gasteiger partial charge in [-0.2, -0.15) is 0 Å². The molecule has 0 aliphatic rings. The molecule has 0 atom stereocenters. The van der Waals surface area contributed by atoms with E-state index in [1.165, 1.54) is 0 Å². The summed E-state index contributed by atoms with van der Waals surface area (Å²) in [4.78, 5) is 0. The Bertz CT molecular complexity index is 298. The second-order valence-electron chi connectivity index (χ2n) is 1.25. The van der Waals surface area contributed by atoms with E-state index in [1.807, 2.05) is 0 Å². The third kappa shape index (κ3) is 5510. The first-order valence-corrected chi connectivity index (χ1v) is 31.8. The number of hydrogen-bond donors (Lipinski definition) is 0. The zero-order valence-electron chi connectivity index (χ0n) is 19.4. The van der Waals surface area contributed by atoms with Gasteiger partial charge in [-0.15, -0.1) is 0 Å². The summed E-state index contributed by atoms with van der Waals surface area (Å²) in [5, 5.41) is 0. The zero-order valence-corrected chi connectivity index (χ0v) is 57.2. The Labute approximate surface area is 361 Å². The third-order valence-corrected chi connectivity index (χ3v) is 0. The molecular weight excluding hydrogens is 1690 g/mol. The van der Waals surface area contributed by atoms with Crippen LogP contribution in [0.25, 0.3) is 0 Å². The second-order valence-corrected chi connectivity index (χ2v) is 6.50. The van der Waals surface area contributed by atoms with Gasteiger partial charge in [0.25, 0.3) is 0 Å². The minimum absolute atomic E-state index is 0. The van der Waals surface area contributed by atoms with Gasteiger partial charge in [0.1, 0.15) is 0 Å². The van der Waals surface area contributed by atoms with Crippen LogP contribution in [-0.2, 0) is 110 Å². The Morgan fingerprint density at radius 3 is 0.214 bits per heavy atom. The molecule has 42 heavy (non-hydrogen) atoms. The Kier molecular flexibility index (Phi) is 750. The van der Waals surface area contributed by atoms with E-state index in [2.05, 4.69) is 0 Å². The smallest absolute Gasteiger partial charge is 4.00 e. The average Bonchev–Trinajstić information content (AvgIpc) is 2.81. The van der Waals surface area contributed by atoms with E-state index in [9.17, 15) is 0 Å². The van der Waals surface area contributed by atoms with E-state index >= 15 is 0 Å². The molecule has 0 heterocycles. The van der Waals surface area contributed by atoms with Gasteiger partial charge in [0, 0.05) is 0 Å². The summed E-state index contributed by atoms with van der Waals surface area (Å²) < 4.78 is 222. The molecule has 0 saturated heterocycles. The van der Waals surface area contributed by atoms with Gasteiger partial charge >= 0.3 is 368 Å². The van der Waals surface area contributed by atoms with Crippen molar-refractivity contribution in [2.24, 2.45) is 0 Å². The fourth-order valence-corrected chi connectivity index (χ4v) is 0. The average molecular weight is 1700 g/mol. The van der Waals surface area contributed by atoms with Crippen molar-refractivity contribution in [2.75, 3.05) is 0 Å². The van der Waals surface area contributed by atoms with Crippen molar-refractivity contribution < 1.29 is 164 Å². The SMILES string of the molecule is [Mo+4].[O]=[GeH][O-].[O]=[GeH][O-].[O]=[GeH][O-].[O]=[GeH][O-].[O]=[GeH][O-].[O]=[GeH][O-].[O]=[GeH][O-].[O]=[GeH][O-].[O]=[GeH][O-].[O]=[GeH][O-].[O]=[GeH][O-].[O]=[GeH][O-].[O]=[GeH][O-].[V+5].[W+4]. The molecule has 42 heteroatoms. The molecular formula is H13Ge13MoO26VW. The van der Waals surface area contributed by atoms with Crippen LogP contribution in [0.15, 0.2) is 0 Å². The van der Waals surface area contributed by atoms with Gasteiger partial charge in [-0.05, 0) is 0 Å². The van der Waals surface area contributed by atoms with Gasteiger partial charge in [0.15, 0.2) is 0 Å². The molecule has 0 bridgehead atoms. The van der Waals surface area contributed by atoms with E-state index in [4.69, 9.17) is 103 Å². The zero-order chi connectivity index (χ0) is 35.2. The molecule has 0 aromatic carbocycles. The van der Waals surface area contributed by atoms with Crippen LogP contribution in [-0.4, -0.2) is 204 Å². The predicted octanol–water partition coefficient (Wildman–Crippen LogP) is -25.4. The molecule has 0 saturated carbocycles. The van der Waals surface area contributed by atoms with Crippen LogP contribution >= 0.6 is 0 Å². The Balaban J connectivity index is -0.0000000124. The molecule has 0 spiro atoms.